The first-order valence-corrected chi connectivity index (χ1v) is 7.24. The maximum absolute atomic E-state index is 5.50. The van der Waals surface area contributed by atoms with E-state index in [1.165, 1.54) is 44.9 Å². The number of hydrogen-bond acceptors (Lipinski definition) is 3. The Kier molecular flexibility index (Phi) is 13.8. The van der Waals surface area contributed by atoms with Crippen molar-refractivity contribution in [1.82, 2.24) is 0 Å². The van der Waals surface area contributed by atoms with Gasteiger partial charge >= 0.3 is 0 Å². The molecule has 0 spiro atoms. The Morgan fingerprint density at radius 3 is 2.06 bits per heavy atom. The summed E-state index contributed by atoms with van der Waals surface area (Å²) in [6.07, 6.45) is 12.8. The summed E-state index contributed by atoms with van der Waals surface area (Å²) in [5.41, 5.74) is 5.50. The van der Waals surface area contributed by atoms with Crippen molar-refractivity contribution < 1.29 is 9.78 Å². The van der Waals surface area contributed by atoms with E-state index in [0.29, 0.717) is 0 Å². The molecule has 0 radical (unpaired) electrons. The maximum atomic E-state index is 5.50. The fourth-order valence-corrected chi connectivity index (χ4v) is 2.05. The topological polar surface area (TPSA) is 44.5 Å². The van der Waals surface area contributed by atoms with Crippen LogP contribution in [0.5, 0.6) is 0 Å². The Morgan fingerprint density at radius 1 is 0.882 bits per heavy atom. The summed E-state index contributed by atoms with van der Waals surface area (Å²) in [5.74, 6) is 0. The largest absolute Gasteiger partial charge is 0.330 e. The first kappa shape index (κ1) is 16.9. The Morgan fingerprint density at radius 2 is 1.47 bits per heavy atom. The minimum Gasteiger partial charge on any atom is -0.330 e. The fraction of sp³-hybridized carbons (Fsp3) is 1.00. The second kappa shape index (κ2) is 13.9. The summed E-state index contributed by atoms with van der Waals surface area (Å²) >= 11 is 0. The van der Waals surface area contributed by atoms with Crippen molar-refractivity contribution in [2.24, 2.45) is 5.73 Å². The lowest BCUT2D eigenvalue weighted by molar-refractivity contribution is -0.307. The van der Waals surface area contributed by atoms with Crippen molar-refractivity contribution in [3.05, 3.63) is 0 Å². The molecule has 2 N–H and O–H groups in total. The van der Waals surface area contributed by atoms with Crippen LogP contribution in [0.4, 0.5) is 0 Å². The fourth-order valence-electron chi connectivity index (χ4n) is 2.05. The third-order valence-corrected chi connectivity index (χ3v) is 3.09. The number of nitrogens with two attached hydrogens (primary N) is 1. The minimum absolute atomic E-state index is 0.235. The van der Waals surface area contributed by atoms with Crippen LogP contribution in [0.2, 0.25) is 0 Å². The maximum Gasteiger partial charge on any atom is 0.0930 e. The highest BCUT2D eigenvalue weighted by molar-refractivity contribution is 4.58. The molecule has 104 valence electrons. The van der Waals surface area contributed by atoms with E-state index in [-0.39, 0.29) is 6.10 Å². The predicted octanol–water partition coefficient (Wildman–Crippen LogP) is 3.81. The molecule has 0 aromatic carbocycles. The molecule has 0 aliphatic carbocycles. The van der Waals surface area contributed by atoms with E-state index < -0.39 is 0 Å². The molecule has 0 bridgehead atoms. The molecule has 0 aliphatic rings. The highest BCUT2D eigenvalue weighted by Gasteiger charge is 2.08. The van der Waals surface area contributed by atoms with Crippen LogP contribution < -0.4 is 5.73 Å². The zero-order valence-corrected chi connectivity index (χ0v) is 11.7. The number of hydrogen-bond donors (Lipinski definition) is 1. The summed E-state index contributed by atoms with van der Waals surface area (Å²) in [7, 11) is 1.58. The van der Waals surface area contributed by atoms with E-state index in [1.54, 1.807) is 7.11 Å². The van der Waals surface area contributed by atoms with Gasteiger partial charge in [0.1, 0.15) is 0 Å². The molecule has 0 saturated heterocycles. The van der Waals surface area contributed by atoms with E-state index in [0.717, 1.165) is 25.8 Å². The van der Waals surface area contributed by atoms with Gasteiger partial charge in [-0.1, -0.05) is 51.9 Å². The molecule has 1 atom stereocenters. The predicted molar refractivity (Wildman–Crippen MR) is 72.8 cm³/mol. The van der Waals surface area contributed by atoms with E-state index in [1.807, 2.05) is 0 Å². The summed E-state index contributed by atoms with van der Waals surface area (Å²) in [6, 6.07) is 0. The van der Waals surface area contributed by atoms with E-state index in [9.17, 15) is 0 Å². The van der Waals surface area contributed by atoms with Gasteiger partial charge in [0, 0.05) is 0 Å². The molecule has 0 saturated carbocycles. The minimum atomic E-state index is 0.235. The lowest BCUT2D eigenvalue weighted by Crippen LogP contribution is -2.14. The van der Waals surface area contributed by atoms with Gasteiger partial charge < -0.3 is 5.73 Å². The van der Waals surface area contributed by atoms with Gasteiger partial charge in [-0.2, -0.15) is 0 Å². The monoisotopic (exact) mass is 245 g/mol. The van der Waals surface area contributed by atoms with Gasteiger partial charge in [0.2, 0.25) is 0 Å². The third kappa shape index (κ3) is 12.1. The van der Waals surface area contributed by atoms with Crippen LogP contribution in [0.1, 0.15) is 71.1 Å². The lowest BCUT2D eigenvalue weighted by Gasteiger charge is -2.14. The molecule has 0 amide bonds. The highest BCUT2D eigenvalue weighted by atomic mass is 17.2. The normalized spacial score (nSPS) is 12.9. The van der Waals surface area contributed by atoms with Gasteiger partial charge in [-0.05, 0) is 25.8 Å². The van der Waals surface area contributed by atoms with Gasteiger partial charge in [0.05, 0.1) is 13.2 Å². The average Bonchev–Trinajstić information content (AvgIpc) is 2.34. The van der Waals surface area contributed by atoms with Gasteiger partial charge in [-0.25, -0.2) is 9.78 Å². The van der Waals surface area contributed by atoms with Crippen LogP contribution in [0.25, 0.3) is 0 Å². The van der Waals surface area contributed by atoms with E-state index in [4.69, 9.17) is 15.5 Å². The Balaban J connectivity index is 3.34. The molecule has 1 unspecified atom stereocenters. The van der Waals surface area contributed by atoms with Gasteiger partial charge in [0.25, 0.3) is 0 Å². The smallest absolute Gasteiger partial charge is 0.0930 e. The van der Waals surface area contributed by atoms with Gasteiger partial charge in [0.15, 0.2) is 0 Å². The van der Waals surface area contributed by atoms with Crippen LogP contribution in [-0.4, -0.2) is 19.8 Å². The van der Waals surface area contributed by atoms with Crippen molar-refractivity contribution >= 4 is 0 Å². The Hall–Kier alpha value is -0.120. The number of rotatable bonds is 13. The molecule has 3 heteroatoms. The molecular formula is C14H31NO2. The highest BCUT2D eigenvalue weighted by Crippen LogP contribution is 2.14. The van der Waals surface area contributed by atoms with Crippen LogP contribution in [0.3, 0.4) is 0 Å². The second-order valence-electron chi connectivity index (χ2n) is 4.73. The van der Waals surface area contributed by atoms with Crippen molar-refractivity contribution in [2.45, 2.75) is 77.2 Å². The van der Waals surface area contributed by atoms with Crippen LogP contribution in [0, 0.1) is 0 Å². The van der Waals surface area contributed by atoms with Crippen molar-refractivity contribution in [3.8, 4) is 0 Å². The van der Waals surface area contributed by atoms with Crippen molar-refractivity contribution in [3.63, 3.8) is 0 Å². The van der Waals surface area contributed by atoms with Gasteiger partial charge in [-0.3, -0.25) is 0 Å². The Bertz CT molecular complexity index is 142. The summed E-state index contributed by atoms with van der Waals surface area (Å²) < 4.78 is 0. The first-order valence-electron chi connectivity index (χ1n) is 7.24. The third-order valence-electron chi connectivity index (χ3n) is 3.09. The second-order valence-corrected chi connectivity index (χ2v) is 4.73. The molecule has 0 rings (SSSR count). The lowest BCUT2D eigenvalue weighted by atomic mass is 10.0. The molecule has 0 heterocycles. The standard InChI is InChI=1S/C14H31NO2/c1-3-4-5-6-7-8-9-11-14(17-16-2)12-10-13-15/h14H,3-13,15H2,1-2H3. The summed E-state index contributed by atoms with van der Waals surface area (Å²) in [5, 5.41) is 0. The first-order chi connectivity index (χ1) is 8.35. The van der Waals surface area contributed by atoms with E-state index >= 15 is 0 Å². The SMILES string of the molecule is CCCCCCCCCC(CCCN)OOC. The summed E-state index contributed by atoms with van der Waals surface area (Å²) in [4.78, 5) is 10.0. The quantitative estimate of drug-likeness (QED) is 0.305. The van der Waals surface area contributed by atoms with Gasteiger partial charge in [-0.15, -0.1) is 0 Å². The zero-order valence-electron chi connectivity index (χ0n) is 11.7. The average molecular weight is 245 g/mol. The van der Waals surface area contributed by atoms with Crippen LogP contribution >= 0.6 is 0 Å². The molecule has 0 aromatic rings. The molecule has 0 fully saturated rings. The molecular weight excluding hydrogens is 214 g/mol. The zero-order chi connectivity index (χ0) is 12.8. The van der Waals surface area contributed by atoms with Crippen molar-refractivity contribution in [1.29, 1.82) is 0 Å². The molecule has 0 aromatic heterocycles. The van der Waals surface area contributed by atoms with Crippen LogP contribution in [-0.2, 0) is 9.78 Å². The molecule has 17 heavy (non-hydrogen) atoms. The van der Waals surface area contributed by atoms with E-state index in [2.05, 4.69) is 6.92 Å². The van der Waals surface area contributed by atoms with Crippen molar-refractivity contribution in [2.75, 3.05) is 13.7 Å². The molecule has 0 aliphatic heterocycles. The molecule has 3 nitrogen and oxygen atoms in total. The summed E-state index contributed by atoms with van der Waals surface area (Å²) in [6.45, 7) is 2.99. The number of unbranched alkanes of at least 4 members (excludes halogenated alkanes) is 6. The Labute approximate surface area is 107 Å². The van der Waals surface area contributed by atoms with Crippen LogP contribution in [0.15, 0.2) is 0 Å².